The topological polar surface area (TPSA) is 23.5 Å². The lowest BCUT2D eigenvalue weighted by Gasteiger charge is -2.47. The average Bonchev–Trinajstić information content (AvgIpc) is 1.82. The molecule has 0 aromatic rings. The summed E-state index contributed by atoms with van der Waals surface area (Å²) >= 11 is 0. The molecule has 2 heteroatoms. The first-order chi connectivity index (χ1) is 5.04. The summed E-state index contributed by atoms with van der Waals surface area (Å²) in [5.74, 6) is 1.19. The van der Waals surface area contributed by atoms with Crippen LogP contribution in [0, 0.1) is 11.8 Å². The first-order valence-electron chi connectivity index (χ1n) is 4.38. The lowest BCUT2D eigenvalue weighted by molar-refractivity contribution is -0.0310. The molecule has 0 aromatic carbocycles. The van der Waals surface area contributed by atoms with Gasteiger partial charge >= 0.3 is 0 Å². The molecule has 1 aliphatic rings. The molecular weight excluding hydrogens is 138 g/mol. The van der Waals surface area contributed by atoms with E-state index in [4.69, 9.17) is 0 Å². The van der Waals surface area contributed by atoms with E-state index in [2.05, 4.69) is 25.9 Å². The van der Waals surface area contributed by atoms with Crippen LogP contribution in [0.2, 0.25) is 0 Å². The molecular formula is C9H19NO. The Morgan fingerprint density at radius 3 is 2.27 bits per heavy atom. The maximum absolute atomic E-state index is 9.32. The summed E-state index contributed by atoms with van der Waals surface area (Å²) < 4.78 is 0. The van der Waals surface area contributed by atoms with Crippen molar-refractivity contribution in [2.75, 3.05) is 14.1 Å². The Hall–Kier alpha value is -0.0800. The second-order valence-corrected chi connectivity index (χ2v) is 4.03. The predicted molar refractivity (Wildman–Crippen MR) is 46.4 cm³/mol. The minimum atomic E-state index is -0.124. The van der Waals surface area contributed by atoms with Crippen molar-refractivity contribution in [3.05, 3.63) is 0 Å². The fraction of sp³-hybridized carbons (Fsp3) is 1.00. The maximum atomic E-state index is 9.32. The van der Waals surface area contributed by atoms with Crippen LogP contribution in [0.15, 0.2) is 0 Å². The molecule has 2 nitrogen and oxygen atoms in total. The van der Waals surface area contributed by atoms with Gasteiger partial charge in [0.15, 0.2) is 0 Å². The van der Waals surface area contributed by atoms with Crippen LogP contribution in [-0.4, -0.2) is 36.2 Å². The van der Waals surface area contributed by atoms with Crippen LogP contribution in [0.25, 0.3) is 0 Å². The quantitative estimate of drug-likeness (QED) is 0.645. The van der Waals surface area contributed by atoms with Gasteiger partial charge in [0.05, 0.1) is 6.10 Å². The van der Waals surface area contributed by atoms with Gasteiger partial charge in [0.1, 0.15) is 0 Å². The van der Waals surface area contributed by atoms with E-state index in [9.17, 15) is 5.11 Å². The van der Waals surface area contributed by atoms with Crippen molar-refractivity contribution in [1.29, 1.82) is 0 Å². The largest absolute Gasteiger partial charge is 0.393 e. The van der Waals surface area contributed by atoms with Gasteiger partial charge in [-0.25, -0.2) is 0 Å². The minimum absolute atomic E-state index is 0.124. The third-order valence-electron chi connectivity index (χ3n) is 3.08. The van der Waals surface area contributed by atoms with Gasteiger partial charge in [0.2, 0.25) is 0 Å². The zero-order valence-corrected chi connectivity index (χ0v) is 7.91. The van der Waals surface area contributed by atoms with Crippen LogP contribution >= 0.6 is 0 Å². The van der Waals surface area contributed by atoms with Gasteiger partial charge in [-0.05, 0) is 39.3 Å². The molecule has 0 radical (unpaired) electrons. The third kappa shape index (κ3) is 1.57. The van der Waals surface area contributed by atoms with Gasteiger partial charge in [-0.1, -0.05) is 6.92 Å². The molecule has 66 valence electrons. The van der Waals surface area contributed by atoms with E-state index in [1.165, 1.54) is 0 Å². The summed E-state index contributed by atoms with van der Waals surface area (Å²) in [5.41, 5.74) is 0. The van der Waals surface area contributed by atoms with Crippen molar-refractivity contribution in [2.45, 2.75) is 32.4 Å². The second-order valence-electron chi connectivity index (χ2n) is 4.03. The molecule has 4 atom stereocenters. The summed E-state index contributed by atoms with van der Waals surface area (Å²) in [7, 11) is 4.22. The molecule has 1 aliphatic carbocycles. The third-order valence-corrected chi connectivity index (χ3v) is 3.08. The summed E-state index contributed by atoms with van der Waals surface area (Å²) in [6.45, 7) is 4.12. The van der Waals surface area contributed by atoms with Crippen LogP contribution in [-0.2, 0) is 0 Å². The lowest BCUT2D eigenvalue weighted by Crippen LogP contribution is -2.51. The van der Waals surface area contributed by atoms with Gasteiger partial charge in [-0.2, -0.15) is 0 Å². The molecule has 1 N–H and O–H groups in total. The highest BCUT2D eigenvalue weighted by atomic mass is 16.3. The van der Waals surface area contributed by atoms with Crippen LogP contribution in [0.4, 0.5) is 0 Å². The summed E-state index contributed by atoms with van der Waals surface area (Å²) in [6, 6.07) is 0.689. The van der Waals surface area contributed by atoms with Gasteiger partial charge in [0.25, 0.3) is 0 Å². The van der Waals surface area contributed by atoms with Crippen LogP contribution in [0.3, 0.4) is 0 Å². The van der Waals surface area contributed by atoms with E-state index < -0.39 is 0 Å². The molecule has 0 heterocycles. The zero-order valence-electron chi connectivity index (χ0n) is 7.91. The van der Waals surface area contributed by atoms with Crippen molar-refractivity contribution < 1.29 is 5.11 Å². The Labute approximate surface area is 69.2 Å². The number of nitrogens with zero attached hydrogens (tertiary/aromatic N) is 1. The number of hydrogen-bond donors (Lipinski definition) is 1. The molecule has 1 rings (SSSR count). The molecule has 0 aromatic heterocycles. The molecule has 0 spiro atoms. The summed E-state index contributed by atoms with van der Waals surface area (Å²) in [5, 5.41) is 9.32. The van der Waals surface area contributed by atoms with Crippen LogP contribution < -0.4 is 0 Å². The molecule has 0 amide bonds. The first-order valence-corrected chi connectivity index (χ1v) is 4.38. The van der Waals surface area contributed by atoms with Crippen molar-refractivity contribution in [1.82, 2.24) is 4.90 Å². The highest BCUT2D eigenvalue weighted by molar-refractivity contribution is 4.93. The van der Waals surface area contributed by atoms with Gasteiger partial charge in [0, 0.05) is 6.04 Å². The molecule has 1 fully saturated rings. The van der Waals surface area contributed by atoms with Crippen molar-refractivity contribution in [3.8, 4) is 0 Å². The summed E-state index contributed by atoms with van der Waals surface area (Å²) in [6.07, 6.45) is 1.03. The molecule has 1 saturated carbocycles. The van der Waals surface area contributed by atoms with E-state index in [-0.39, 0.29) is 6.10 Å². The highest BCUT2D eigenvalue weighted by Crippen LogP contribution is 2.38. The van der Waals surface area contributed by atoms with Gasteiger partial charge in [-0.3, -0.25) is 0 Å². The van der Waals surface area contributed by atoms with E-state index in [1.807, 2.05) is 6.92 Å². The Kier molecular flexibility index (Phi) is 2.55. The molecule has 0 saturated heterocycles. The SMILES string of the molecule is CC(O)C1CC(N(C)C)C1C. The van der Waals surface area contributed by atoms with Crippen LogP contribution in [0.5, 0.6) is 0 Å². The minimum Gasteiger partial charge on any atom is -0.393 e. The molecule has 0 bridgehead atoms. The van der Waals surface area contributed by atoms with Crippen molar-refractivity contribution in [3.63, 3.8) is 0 Å². The number of rotatable bonds is 2. The Balaban J connectivity index is 2.38. The Morgan fingerprint density at radius 2 is 2.00 bits per heavy atom. The average molecular weight is 157 g/mol. The fourth-order valence-corrected chi connectivity index (χ4v) is 2.11. The Morgan fingerprint density at radius 1 is 1.45 bits per heavy atom. The van der Waals surface area contributed by atoms with Crippen molar-refractivity contribution in [2.24, 2.45) is 11.8 Å². The van der Waals surface area contributed by atoms with Crippen molar-refractivity contribution >= 4 is 0 Å². The normalized spacial score (nSPS) is 40.4. The van der Waals surface area contributed by atoms with Crippen LogP contribution in [0.1, 0.15) is 20.3 Å². The van der Waals surface area contributed by atoms with Gasteiger partial charge in [-0.15, -0.1) is 0 Å². The van der Waals surface area contributed by atoms with E-state index in [0.29, 0.717) is 17.9 Å². The monoisotopic (exact) mass is 157 g/mol. The zero-order chi connectivity index (χ0) is 8.59. The molecule has 0 aliphatic heterocycles. The lowest BCUT2D eigenvalue weighted by atomic mass is 9.67. The maximum Gasteiger partial charge on any atom is 0.0543 e. The molecule has 4 unspecified atom stereocenters. The first kappa shape index (κ1) is 9.01. The van der Waals surface area contributed by atoms with Gasteiger partial charge < -0.3 is 10.0 Å². The van der Waals surface area contributed by atoms with E-state index in [1.54, 1.807) is 0 Å². The second kappa shape index (κ2) is 3.11. The molecule has 11 heavy (non-hydrogen) atoms. The standard InChI is InChI=1S/C9H19NO/c1-6-8(7(2)11)5-9(6)10(3)4/h6-9,11H,5H2,1-4H3. The number of hydrogen-bond acceptors (Lipinski definition) is 2. The van der Waals surface area contributed by atoms with E-state index in [0.717, 1.165) is 6.42 Å². The van der Waals surface area contributed by atoms with E-state index >= 15 is 0 Å². The number of aliphatic hydroxyl groups excluding tert-OH is 1. The smallest absolute Gasteiger partial charge is 0.0543 e. The Bertz CT molecular complexity index is 120. The summed E-state index contributed by atoms with van der Waals surface area (Å²) in [4.78, 5) is 2.25. The highest BCUT2D eigenvalue weighted by Gasteiger charge is 2.40. The number of aliphatic hydroxyl groups is 1. The predicted octanol–water partition coefficient (Wildman–Crippen LogP) is 0.953. The fourth-order valence-electron chi connectivity index (χ4n) is 2.11.